The molecule has 1 heterocycles. The number of fused-ring (bicyclic) bond motifs is 1. The third-order valence-corrected chi connectivity index (χ3v) is 5.28. The molecule has 0 amide bonds. The first-order valence-corrected chi connectivity index (χ1v) is 8.03. The van der Waals surface area contributed by atoms with Crippen LogP contribution < -0.4 is 5.73 Å². The van der Waals surface area contributed by atoms with Gasteiger partial charge in [-0.15, -0.1) is 0 Å². The van der Waals surface area contributed by atoms with Crippen molar-refractivity contribution in [1.82, 2.24) is 4.98 Å². The minimum absolute atomic E-state index is 0.161. The van der Waals surface area contributed by atoms with Crippen molar-refractivity contribution in [2.45, 2.75) is 52.0 Å². The lowest BCUT2D eigenvalue weighted by molar-refractivity contribution is 0.134. The van der Waals surface area contributed by atoms with Crippen LogP contribution in [0.5, 0.6) is 0 Å². The number of pyridine rings is 1. The fraction of sp³-hybridized carbons (Fsp3) is 0.526. The van der Waals surface area contributed by atoms with Crippen molar-refractivity contribution in [3.63, 3.8) is 0 Å². The second kappa shape index (κ2) is 5.10. The van der Waals surface area contributed by atoms with Gasteiger partial charge in [0.05, 0.1) is 5.52 Å². The topological polar surface area (TPSA) is 38.9 Å². The van der Waals surface area contributed by atoms with Gasteiger partial charge in [-0.2, -0.15) is 0 Å². The van der Waals surface area contributed by atoms with Crippen LogP contribution in [0.2, 0.25) is 0 Å². The van der Waals surface area contributed by atoms with E-state index in [1.54, 1.807) is 0 Å². The van der Waals surface area contributed by atoms with Crippen LogP contribution in [-0.2, 0) is 5.54 Å². The van der Waals surface area contributed by atoms with Crippen molar-refractivity contribution in [3.8, 4) is 0 Å². The Kier molecular flexibility index (Phi) is 3.53. The normalized spacial score (nSPS) is 27.0. The maximum absolute atomic E-state index is 6.76. The molecule has 2 nitrogen and oxygen atoms in total. The number of nitrogens with zero attached hydrogens (tertiary/aromatic N) is 1. The molecule has 0 aliphatic heterocycles. The fourth-order valence-corrected chi connectivity index (χ4v) is 3.67. The molecular formula is C19H26N2. The van der Waals surface area contributed by atoms with Gasteiger partial charge in [0.1, 0.15) is 0 Å². The quantitative estimate of drug-likeness (QED) is 0.828. The summed E-state index contributed by atoms with van der Waals surface area (Å²) in [4.78, 5) is 4.39. The van der Waals surface area contributed by atoms with Crippen molar-refractivity contribution in [1.29, 1.82) is 0 Å². The van der Waals surface area contributed by atoms with Crippen LogP contribution in [-0.4, -0.2) is 4.98 Å². The third-order valence-electron chi connectivity index (χ3n) is 5.28. The van der Waals surface area contributed by atoms with Crippen molar-refractivity contribution >= 4 is 10.9 Å². The van der Waals surface area contributed by atoms with Crippen molar-refractivity contribution in [2.24, 2.45) is 17.1 Å². The lowest BCUT2D eigenvalue weighted by Crippen LogP contribution is -2.42. The lowest BCUT2D eigenvalue weighted by Gasteiger charge is -2.42. The maximum Gasteiger partial charge on any atom is 0.0702 e. The minimum Gasteiger partial charge on any atom is -0.321 e. The first-order valence-electron chi connectivity index (χ1n) is 8.03. The number of aromatic nitrogens is 1. The van der Waals surface area contributed by atoms with E-state index >= 15 is 0 Å². The summed E-state index contributed by atoms with van der Waals surface area (Å²) < 4.78 is 0. The molecule has 0 radical (unpaired) electrons. The number of nitrogens with two attached hydrogens (primary N) is 1. The zero-order chi connectivity index (χ0) is 15.1. The van der Waals surface area contributed by atoms with Gasteiger partial charge in [-0.25, -0.2) is 0 Å². The molecule has 0 spiro atoms. The molecule has 1 aromatic heterocycles. The summed E-state index contributed by atoms with van der Waals surface area (Å²) in [6, 6.07) is 10.6. The predicted octanol–water partition coefficient (Wildman–Crippen LogP) is 4.63. The molecule has 21 heavy (non-hydrogen) atoms. The van der Waals surface area contributed by atoms with Gasteiger partial charge in [-0.1, -0.05) is 32.9 Å². The summed E-state index contributed by atoms with van der Waals surface area (Å²) in [5.41, 5.74) is 9.32. The Morgan fingerprint density at radius 1 is 1.14 bits per heavy atom. The molecule has 0 atom stereocenters. The number of benzene rings is 1. The molecule has 1 saturated carbocycles. The molecule has 0 unspecified atom stereocenters. The fourth-order valence-electron chi connectivity index (χ4n) is 3.67. The standard InChI is InChI=1S/C19H26N2/c1-18(2,3)15-8-10-19(20,11-9-15)16-6-7-17-14(13-16)5-4-12-21-17/h4-7,12-13,15H,8-11,20H2,1-3H3. The summed E-state index contributed by atoms with van der Waals surface area (Å²) in [5.74, 6) is 0.788. The van der Waals surface area contributed by atoms with E-state index in [-0.39, 0.29) is 5.54 Å². The average Bonchev–Trinajstić information content (AvgIpc) is 2.46. The second-order valence-corrected chi connectivity index (χ2v) is 7.71. The highest BCUT2D eigenvalue weighted by Crippen LogP contribution is 2.44. The molecule has 112 valence electrons. The highest BCUT2D eigenvalue weighted by Gasteiger charge is 2.37. The van der Waals surface area contributed by atoms with Crippen molar-refractivity contribution < 1.29 is 0 Å². The average molecular weight is 282 g/mol. The Labute approximate surface area is 127 Å². The molecule has 1 fully saturated rings. The molecule has 0 bridgehead atoms. The van der Waals surface area contributed by atoms with Crippen LogP contribution in [0.1, 0.15) is 52.0 Å². The lowest BCUT2D eigenvalue weighted by atomic mass is 9.66. The van der Waals surface area contributed by atoms with Gasteiger partial charge in [0.15, 0.2) is 0 Å². The van der Waals surface area contributed by atoms with Gasteiger partial charge < -0.3 is 5.73 Å². The zero-order valence-electron chi connectivity index (χ0n) is 13.4. The Hall–Kier alpha value is -1.41. The van der Waals surface area contributed by atoms with E-state index in [9.17, 15) is 0 Å². The van der Waals surface area contributed by atoms with Crippen LogP contribution in [0.15, 0.2) is 36.5 Å². The van der Waals surface area contributed by atoms with Crippen LogP contribution in [0, 0.1) is 11.3 Å². The summed E-state index contributed by atoms with van der Waals surface area (Å²) >= 11 is 0. The van der Waals surface area contributed by atoms with E-state index in [1.165, 1.54) is 23.8 Å². The van der Waals surface area contributed by atoms with Crippen LogP contribution >= 0.6 is 0 Å². The maximum atomic E-state index is 6.76. The van der Waals surface area contributed by atoms with Crippen molar-refractivity contribution in [3.05, 3.63) is 42.1 Å². The molecule has 2 N–H and O–H groups in total. The first kappa shape index (κ1) is 14.5. The number of hydrogen-bond donors (Lipinski definition) is 1. The highest BCUT2D eigenvalue weighted by atomic mass is 14.8. The van der Waals surface area contributed by atoms with E-state index in [4.69, 9.17) is 5.73 Å². The van der Waals surface area contributed by atoms with E-state index in [0.717, 1.165) is 24.3 Å². The Balaban J connectivity index is 1.85. The van der Waals surface area contributed by atoms with Gasteiger partial charge in [-0.3, -0.25) is 4.98 Å². The Morgan fingerprint density at radius 3 is 2.52 bits per heavy atom. The minimum atomic E-state index is -0.161. The summed E-state index contributed by atoms with van der Waals surface area (Å²) in [6.45, 7) is 7.05. The van der Waals surface area contributed by atoms with E-state index in [0.29, 0.717) is 5.41 Å². The van der Waals surface area contributed by atoms with Crippen molar-refractivity contribution in [2.75, 3.05) is 0 Å². The van der Waals surface area contributed by atoms with E-state index < -0.39 is 0 Å². The molecule has 1 aromatic carbocycles. The first-order chi connectivity index (χ1) is 9.88. The SMILES string of the molecule is CC(C)(C)C1CCC(N)(c2ccc3ncccc3c2)CC1. The monoisotopic (exact) mass is 282 g/mol. The Morgan fingerprint density at radius 2 is 1.86 bits per heavy atom. The van der Waals surface area contributed by atoms with Crippen LogP contribution in [0.4, 0.5) is 0 Å². The third kappa shape index (κ3) is 2.82. The second-order valence-electron chi connectivity index (χ2n) is 7.71. The summed E-state index contributed by atoms with van der Waals surface area (Å²) in [5, 5.41) is 1.19. The van der Waals surface area contributed by atoms with Crippen LogP contribution in [0.3, 0.4) is 0 Å². The zero-order valence-corrected chi connectivity index (χ0v) is 13.4. The molecule has 2 heteroatoms. The summed E-state index contributed by atoms with van der Waals surface area (Å²) in [6.07, 6.45) is 6.46. The molecular weight excluding hydrogens is 256 g/mol. The van der Waals surface area contributed by atoms with Crippen LogP contribution in [0.25, 0.3) is 10.9 Å². The smallest absolute Gasteiger partial charge is 0.0702 e. The van der Waals surface area contributed by atoms with Gasteiger partial charge in [-0.05, 0) is 60.8 Å². The molecule has 2 aromatic rings. The van der Waals surface area contributed by atoms with Gasteiger partial charge >= 0.3 is 0 Å². The predicted molar refractivity (Wildman–Crippen MR) is 89.0 cm³/mol. The van der Waals surface area contributed by atoms with Gasteiger partial charge in [0.25, 0.3) is 0 Å². The molecule has 1 aliphatic carbocycles. The van der Waals surface area contributed by atoms with E-state index in [2.05, 4.69) is 50.0 Å². The molecule has 0 saturated heterocycles. The van der Waals surface area contributed by atoms with E-state index in [1.807, 2.05) is 12.3 Å². The molecule has 3 rings (SSSR count). The number of rotatable bonds is 1. The van der Waals surface area contributed by atoms with Gasteiger partial charge in [0, 0.05) is 17.1 Å². The molecule has 1 aliphatic rings. The Bertz CT molecular complexity index is 631. The summed E-state index contributed by atoms with van der Waals surface area (Å²) in [7, 11) is 0. The highest BCUT2D eigenvalue weighted by molar-refractivity contribution is 5.79. The largest absolute Gasteiger partial charge is 0.321 e. The van der Waals surface area contributed by atoms with Gasteiger partial charge in [0.2, 0.25) is 0 Å². The number of hydrogen-bond acceptors (Lipinski definition) is 2.